The molecule has 3 rings (SSSR count). The van der Waals surface area contributed by atoms with Crippen molar-refractivity contribution in [2.75, 3.05) is 5.32 Å². The molecule has 0 amide bonds. The Balaban J connectivity index is 2.04. The molecule has 16 heavy (non-hydrogen) atoms. The van der Waals surface area contributed by atoms with E-state index < -0.39 is 0 Å². The van der Waals surface area contributed by atoms with E-state index in [9.17, 15) is 0 Å². The van der Waals surface area contributed by atoms with Crippen LogP contribution in [0.25, 0.3) is 11.0 Å². The second kappa shape index (κ2) is 3.54. The highest BCUT2D eigenvalue weighted by Crippen LogP contribution is 2.20. The molecule has 1 aromatic carbocycles. The molecule has 0 bridgehead atoms. The number of anilines is 2. The predicted octanol–water partition coefficient (Wildman–Crippen LogP) is 0.886. The van der Waals surface area contributed by atoms with Gasteiger partial charge in [0.05, 0.1) is 11.2 Å². The third kappa shape index (κ3) is 1.44. The summed E-state index contributed by atoms with van der Waals surface area (Å²) in [5, 5.41) is 13.6. The first-order chi connectivity index (χ1) is 7.93. The maximum Gasteiger partial charge on any atom is 0.230 e. The zero-order valence-corrected chi connectivity index (χ0v) is 8.12. The highest BCUT2D eigenvalue weighted by molar-refractivity contribution is 5.88. The molecular weight excluding hydrogens is 206 g/mol. The van der Waals surface area contributed by atoms with Gasteiger partial charge in [-0.1, -0.05) is 11.3 Å². The lowest BCUT2D eigenvalue weighted by molar-refractivity contribution is 0.959. The van der Waals surface area contributed by atoms with Crippen LogP contribution in [0.15, 0.2) is 30.9 Å². The lowest BCUT2D eigenvalue weighted by Crippen LogP contribution is -1.97. The molecule has 7 nitrogen and oxygen atoms in total. The number of aromatic nitrogens is 6. The minimum Gasteiger partial charge on any atom is -0.322 e. The molecule has 0 fully saturated rings. The number of hydrogen-bond acceptors (Lipinski definition) is 6. The fourth-order valence-electron chi connectivity index (χ4n) is 1.40. The molecule has 3 aromatic rings. The molecule has 7 heteroatoms. The topological polar surface area (TPSA) is 92.3 Å². The first-order valence-electron chi connectivity index (χ1n) is 4.62. The second-order valence-electron chi connectivity index (χ2n) is 3.10. The molecule has 0 saturated carbocycles. The maximum absolute atomic E-state index is 3.98. The van der Waals surface area contributed by atoms with Gasteiger partial charge >= 0.3 is 0 Å². The van der Waals surface area contributed by atoms with E-state index in [0.717, 1.165) is 16.7 Å². The van der Waals surface area contributed by atoms with Gasteiger partial charge in [-0.05, 0) is 12.1 Å². The highest BCUT2D eigenvalue weighted by Gasteiger charge is 2.04. The van der Waals surface area contributed by atoms with Gasteiger partial charge in [0.25, 0.3) is 0 Å². The standard InChI is InChI=1S/C9H7N7/c1-2-6(8-7(3-1)14-16-15-8)13-9-11-4-10-5-12-9/h1-5H,(H,14,15,16)(H,10,11,12,13). The number of benzene rings is 1. The zero-order chi connectivity index (χ0) is 10.8. The van der Waals surface area contributed by atoms with E-state index in [1.807, 2.05) is 18.2 Å². The van der Waals surface area contributed by atoms with Crippen LogP contribution in [0.2, 0.25) is 0 Å². The van der Waals surface area contributed by atoms with Crippen LogP contribution in [0, 0.1) is 0 Å². The summed E-state index contributed by atoms with van der Waals surface area (Å²) in [4.78, 5) is 11.7. The van der Waals surface area contributed by atoms with Crippen LogP contribution in [0.3, 0.4) is 0 Å². The minimum absolute atomic E-state index is 0.477. The highest BCUT2D eigenvalue weighted by atomic mass is 15.3. The molecule has 0 saturated heterocycles. The average molecular weight is 213 g/mol. The molecule has 0 atom stereocenters. The maximum atomic E-state index is 3.98. The van der Waals surface area contributed by atoms with Crippen LogP contribution in [0.1, 0.15) is 0 Å². The lowest BCUT2D eigenvalue weighted by Gasteiger charge is -2.03. The van der Waals surface area contributed by atoms with Gasteiger partial charge in [-0.3, -0.25) is 5.10 Å². The van der Waals surface area contributed by atoms with Crippen molar-refractivity contribution >= 4 is 22.7 Å². The first kappa shape index (κ1) is 8.72. The first-order valence-corrected chi connectivity index (χ1v) is 4.62. The third-order valence-corrected chi connectivity index (χ3v) is 2.10. The van der Waals surface area contributed by atoms with Gasteiger partial charge in [-0.15, -0.1) is 5.10 Å². The van der Waals surface area contributed by atoms with Crippen molar-refractivity contribution in [3.8, 4) is 0 Å². The van der Waals surface area contributed by atoms with Crippen LogP contribution in [0.4, 0.5) is 11.6 Å². The number of fused-ring (bicyclic) bond motifs is 1. The summed E-state index contributed by atoms with van der Waals surface area (Å²) in [5.41, 5.74) is 2.42. The normalized spacial score (nSPS) is 10.5. The van der Waals surface area contributed by atoms with E-state index in [2.05, 4.69) is 35.7 Å². The number of nitrogens with one attached hydrogen (secondary N) is 2. The van der Waals surface area contributed by atoms with E-state index in [1.54, 1.807) is 0 Å². The van der Waals surface area contributed by atoms with Crippen molar-refractivity contribution in [3.05, 3.63) is 30.9 Å². The molecule has 0 unspecified atom stereocenters. The summed E-state index contributed by atoms with van der Waals surface area (Å²) in [6.45, 7) is 0. The van der Waals surface area contributed by atoms with E-state index >= 15 is 0 Å². The van der Waals surface area contributed by atoms with E-state index in [0.29, 0.717) is 5.95 Å². The average Bonchev–Trinajstić information content (AvgIpc) is 2.80. The van der Waals surface area contributed by atoms with Crippen LogP contribution in [0.5, 0.6) is 0 Å². The molecule has 2 N–H and O–H groups in total. The van der Waals surface area contributed by atoms with Crippen LogP contribution in [-0.2, 0) is 0 Å². The molecule has 2 heterocycles. The number of aromatic amines is 1. The Kier molecular flexibility index (Phi) is 1.93. The molecule has 0 spiro atoms. The monoisotopic (exact) mass is 213 g/mol. The zero-order valence-electron chi connectivity index (χ0n) is 8.12. The van der Waals surface area contributed by atoms with Crippen molar-refractivity contribution in [2.24, 2.45) is 0 Å². The predicted molar refractivity (Wildman–Crippen MR) is 57.0 cm³/mol. The van der Waals surface area contributed by atoms with E-state index in [4.69, 9.17) is 0 Å². The smallest absolute Gasteiger partial charge is 0.230 e. The van der Waals surface area contributed by atoms with Crippen molar-refractivity contribution in [2.45, 2.75) is 0 Å². The summed E-state index contributed by atoms with van der Waals surface area (Å²) >= 11 is 0. The fraction of sp³-hybridized carbons (Fsp3) is 0. The quantitative estimate of drug-likeness (QED) is 0.656. The molecule has 0 aliphatic rings. The molecular formula is C9H7N7. The third-order valence-electron chi connectivity index (χ3n) is 2.10. The van der Waals surface area contributed by atoms with E-state index in [-0.39, 0.29) is 0 Å². The minimum atomic E-state index is 0.477. The van der Waals surface area contributed by atoms with Crippen molar-refractivity contribution < 1.29 is 0 Å². The summed E-state index contributed by atoms with van der Waals surface area (Å²) in [6, 6.07) is 5.67. The second-order valence-corrected chi connectivity index (χ2v) is 3.10. The molecule has 78 valence electrons. The van der Waals surface area contributed by atoms with Gasteiger partial charge in [0.15, 0.2) is 0 Å². The van der Waals surface area contributed by atoms with E-state index in [1.165, 1.54) is 12.7 Å². The summed E-state index contributed by atoms with van der Waals surface area (Å²) in [6.07, 6.45) is 2.86. The largest absolute Gasteiger partial charge is 0.322 e. The number of hydrogen-bond donors (Lipinski definition) is 2. The Hall–Kier alpha value is -2.57. The Morgan fingerprint density at radius 2 is 2.00 bits per heavy atom. The number of nitrogens with zero attached hydrogens (tertiary/aromatic N) is 5. The van der Waals surface area contributed by atoms with Gasteiger partial charge in [0.1, 0.15) is 18.2 Å². The van der Waals surface area contributed by atoms with Gasteiger partial charge < -0.3 is 5.32 Å². The molecule has 0 aliphatic heterocycles. The molecule has 0 aliphatic carbocycles. The SMILES string of the molecule is c1cc(Nc2ncncn2)c2nn[nH]c2c1. The van der Waals surface area contributed by atoms with Crippen LogP contribution < -0.4 is 5.32 Å². The Labute approximate surface area is 90.0 Å². The van der Waals surface area contributed by atoms with Crippen LogP contribution >= 0.6 is 0 Å². The Bertz CT molecular complexity index is 603. The van der Waals surface area contributed by atoms with Crippen molar-refractivity contribution in [1.29, 1.82) is 0 Å². The lowest BCUT2D eigenvalue weighted by atomic mass is 10.2. The molecule has 2 aromatic heterocycles. The Morgan fingerprint density at radius 3 is 2.88 bits per heavy atom. The molecule has 0 radical (unpaired) electrons. The van der Waals surface area contributed by atoms with Gasteiger partial charge in [-0.25, -0.2) is 15.0 Å². The van der Waals surface area contributed by atoms with Gasteiger partial charge in [0.2, 0.25) is 5.95 Å². The van der Waals surface area contributed by atoms with Crippen LogP contribution in [-0.4, -0.2) is 30.4 Å². The Morgan fingerprint density at radius 1 is 1.12 bits per heavy atom. The number of rotatable bonds is 2. The van der Waals surface area contributed by atoms with Crippen molar-refractivity contribution in [1.82, 2.24) is 30.4 Å². The van der Waals surface area contributed by atoms with Crippen molar-refractivity contribution in [3.63, 3.8) is 0 Å². The van der Waals surface area contributed by atoms with Gasteiger partial charge in [-0.2, -0.15) is 0 Å². The number of H-pyrrole nitrogens is 1. The summed E-state index contributed by atoms with van der Waals surface area (Å²) in [7, 11) is 0. The summed E-state index contributed by atoms with van der Waals surface area (Å²) < 4.78 is 0. The summed E-state index contributed by atoms with van der Waals surface area (Å²) in [5.74, 6) is 0.477. The fourth-order valence-corrected chi connectivity index (χ4v) is 1.40. The van der Waals surface area contributed by atoms with Gasteiger partial charge in [0, 0.05) is 0 Å².